The molecule has 0 fully saturated rings. The van der Waals surface area contributed by atoms with Crippen LogP contribution < -0.4 is 5.73 Å². The van der Waals surface area contributed by atoms with E-state index in [1.165, 1.54) is 12.1 Å². The molecule has 0 unspecified atom stereocenters. The van der Waals surface area contributed by atoms with Crippen molar-refractivity contribution in [2.24, 2.45) is 0 Å². The number of aromatic nitrogens is 2. The molecule has 0 bridgehead atoms. The molecule has 5 heteroatoms. The van der Waals surface area contributed by atoms with Crippen LogP contribution in [0.2, 0.25) is 0 Å². The second-order valence-electron chi connectivity index (χ2n) is 3.25. The fraction of sp³-hybridized carbons (Fsp3) is 0.100. The molecule has 0 atom stereocenters. The van der Waals surface area contributed by atoms with Crippen LogP contribution in [-0.2, 0) is 6.54 Å². The number of benzene rings is 1. The fourth-order valence-corrected chi connectivity index (χ4v) is 1.82. The molecule has 3 nitrogen and oxygen atoms in total. The van der Waals surface area contributed by atoms with Crippen molar-refractivity contribution in [1.29, 1.82) is 0 Å². The second-order valence-corrected chi connectivity index (χ2v) is 4.49. The van der Waals surface area contributed by atoms with Gasteiger partial charge in [0.25, 0.3) is 0 Å². The summed E-state index contributed by atoms with van der Waals surface area (Å²) in [7, 11) is 0. The molecule has 0 aliphatic carbocycles. The van der Waals surface area contributed by atoms with Crippen LogP contribution in [0.3, 0.4) is 0 Å². The molecule has 0 amide bonds. The highest BCUT2D eigenvalue weighted by molar-refractivity contribution is 14.1. The molecule has 78 valence electrons. The van der Waals surface area contributed by atoms with Gasteiger partial charge in [-0.05, 0) is 46.4 Å². The van der Waals surface area contributed by atoms with Gasteiger partial charge in [0.1, 0.15) is 5.82 Å². The molecule has 0 radical (unpaired) electrons. The Labute approximate surface area is 100 Å². The molecule has 15 heavy (non-hydrogen) atoms. The van der Waals surface area contributed by atoms with E-state index >= 15 is 0 Å². The number of nitrogens with two attached hydrogens (primary N) is 1. The molecule has 0 spiro atoms. The van der Waals surface area contributed by atoms with Gasteiger partial charge >= 0.3 is 0 Å². The summed E-state index contributed by atoms with van der Waals surface area (Å²) in [5.74, 6) is -0.313. The summed E-state index contributed by atoms with van der Waals surface area (Å²) in [6.45, 7) is 0.533. The highest BCUT2D eigenvalue weighted by atomic mass is 127. The third kappa shape index (κ3) is 2.68. The van der Waals surface area contributed by atoms with Crippen LogP contribution in [0.1, 0.15) is 5.56 Å². The Kier molecular flexibility index (Phi) is 2.90. The maximum absolute atomic E-state index is 13.0. The zero-order chi connectivity index (χ0) is 10.8. The number of nitrogen functional groups attached to an aromatic ring is 1. The van der Waals surface area contributed by atoms with E-state index in [0.29, 0.717) is 12.2 Å². The van der Waals surface area contributed by atoms with Crippen molar-refractivity contribution in [3.05, 3.63) is 45.5 Å². The Morgan fingerprint density at radius 1 is 1.40 bits per heavy atom. The third-order valence-corrected chi connectivity index (χ3v) is 2.48. The minimum absolute atomic E-state index is 0.313. The summed E-state index contributed by atoms with van der Waals surface area (Å²) >= 11 is 2.17. The van der Waals surface area contributed by atoms with E-state index in [0.717, 1.165) is 9.13 Å². The van der Waals surface area contributed by atoms with Crippen LogP contribution in [0.25, 0.3) is 0 Å². The molecule has 1 aromatic heterocycles. The molecular formula is C10H9FIN3. The highest BCUT2D eigenvalue weighted by Gasteiger charge is 2.01. The molecule has 0 aliphatic rings. The van der Waals surface area contributed by atoms with Gasteiger partial charge in [-0.15, -0.1) is 0 Å². The number of hydrogen-bond donors (Lipinski definition) is 1. The molecular weight excluding hydrogens is 308 g/mol. The van der Waals surface area contributed by atoms with Crippen LogP contribution in [0, 0.1) is 9.39 Å². The average molecular weight is 317 g/mol. The van der Waals surface area contributed by atoms with Crippen LogP contribution in [0.5, 0.6) is 0 Å². The smallest absolute Gasteiger partial charge is 0.125 e. The normalized spacial score (nSPS) is 10.5. The number of hydrogen-bond acceptors (Lipinski definition) is 2. The highest BCUT2D eigenvalue weighted by Crippen LogP contribution is 2.12. The lowest BCUT2D eigenvalue weighted by molar-refractivity contribution is 0.620. The first kappa shape index (κ1) is 10.4. The minimum Gasteiger partial charge on any atom is -0.399 e. The fourth-order valence-electron chi connectivity index (χ4n) is 1.38. The van der Waals surface area contributed by atoms with Crippen molar-refractivity contribution in [1.82, 2.24) is 9.78 Å². The van der Waals surface area contributed by atoms with Crippen LogP contribution in [-0.4, -0.2) is 9.78 Å². The standard InChI is InChI=1S/C10H9FIN3/c11-8-1-7(2-10(13)3-8)5-15-6-9(12)4-14-15/h1-4,6H,5,13H2. The lowest BCUT2D eigenvalue weighted by Gasteiger charge is -2.03. The molecule has 2 rings (SSSR count). The zero-order valence-corrected chi connectivity index (χ0v) is 9.98. The molecule has 2 aromatic rings. The first-order valence-corrected chi connectivity index (χ1v) is 5.44. The average Bonchev–Trinajstić information content (AvgIpc) is 2.49. The molecule has 0 saturated heterocycles. The van der Waals surface area contributed by atoms with E-state index in [9.17, 15) is 4.39 Å². The largest absolute Gasteiger partial charge is 0.399 e. The molecule has 2 N–H and O–H groups in total. The quantitative estimate of drug-likeness (QED) is 0.682. The number of nitrogens with zero attached hydrogens (tertiary/aromatic N) is 2. The van der Waals surface area contributed by atoms with Gasteiger partial charge in [0, 0.05) is 11.9 Å². The Morgan fingerprint density at radius 2 is 2.20 bits per heavy atom. The summed E-state index contributed by atoms with van der Waals surface area (Å²) in [5, 5.41) is 4.12. The second kappa shape index (κ2) is 4.18. The lowest BCUT2D eigenvalue weighted by Crippen LogP contribution is -2.01. The van der Waals surface area contributed by atoms with Gasteiger partial charge in [0.2, 0.25) is 0 Å². The molecule has 0 aliphatic heterocycles. The van der Waals surface area contributed by atoms with E-state index in [2.05, 4.69) is 27.7 Å². The number of halogens is 2. The number of rotatable bonds is 2. The summed E-state index contributed by atoms with van der Waals surface area (Å²) in [6, 6.07) is 4.51. The Morgan fingerprint density at radius 3 is 2.80 bits per heavy atom. The van der Waals surface area contributed by atoms with Gasteiger partial charge in [-0.3, -0.25) is 4.68 Å². The zero-order valence-electron chi connectivity index (χ0n) is 7.82. The number of anilines is 1. The first-order chi connectivity index (χ1) is 7.13. The first-order valence-electron chi connectivity index (χ1n) is 4.36. The van der Waals surface area contributed by atoms with Crippen molar-refractivity contribution in [3.63, 3.8) is 0 Å². The van der Waals surface area contributed by atoms with Crippen LogP contribution >= 0.6 is 22.6 Å². The van der Waals surface area contributed by atoms with E-state index in [-0.39, 0.29) is 5.82 Å². The Hall–Kier alpha value is -1.11. The van der Waals surface area contributed by atoms with Gasteiger partial charge in [-0.2, -0.15) is 5.10 Å². The van der Waals surface area contributed by atoms with Gasteiger partial charge in [-0.1, -0.05) is 0 Å². The van der Waals surface area contributed by atoms with Crippen molar-refractivity contribution < 1.29 is 4.39 Å². The molecule has 1 aromatic carbocycles. The SMILES string of the molecule is Nc1cc(F)cc(Cn2cc(I)cn2)c1. The van der Waals surface area contributed by atoms with Crippen molar-refractivity contribution in [2.75, 3.05) is 5.73 Å². The van der Waals surface area contributed by atoms with Crippen molar-refractivity contribution >= 4 is 28.3 Å². The summed E-state index contributed by atoms with van der Waals surface area (Å²) < 4.78 is 15.8. The van der Waals surface area contributed by atoms with E-state index in [1.807, 2.05) is 6.20 Å². The predicted octanol–water partition coefficient (Wildman–Crippen LogP) is 2.26. The predicted molar refractivity (Wildman–Crippen MR) is 64.9 cm³/mol. The maximum Gasteiger partial charge on any atom is 0.125 e. The van der Waals surface area contributed by atoms with E-state index in [1.54, 1.807) is 16.9 Å². The minimum atomic E-state index is -0.313. The van der Waals surface area contributed by atoms with Crippen LogP contribution in [0.15, 0.2) is 30.6 Å². The monoisotopic (exact) mass is 317 g/mol. The van der Waals surface area contributed by atoms with E-state index in [4.69, 9.17) is 5.73 Å². The summed E-state index contributed by atoms with van der Waals surface area (Å²) in [6.07, 6.45) is 3.64. The lowest BCUT2D eigenvalue weighted by atomic mass is 10.2. The maximum atomic E-state index is 13.0. The van der Waals surface area contributed by atoms with Crippen LogP contribution in [0.4, 0.5) is 10.1 Å². The van der Waals surface area contributed by atoms with Crippen molar-refractivity contribution in [3.8, 4) is 0 Å². The summed E-state index contributed by atoms with van der Waals surface area (Å²) in [5.41, 5.74) is 6.80. The van der Waals surface area contributed by atoms with Gasteiger partial charge in [0.05, 0.1) is 16.3 Å². The van der Waals surface area contributed by atoms with Gasteiger partial charge in [-0.25, -0.2) is 4.39 Å². The topological polar surface area (TPSA) is 43.8 Å². The van der Waals surface area contributed by atoms with Gasteiger partial charge in [0.15, 0.2) is 0 Å². The summed E-state index contributed by atoms with van der Waals surface area (Å²) in [4.78, 5) is 0. The third-order valence-electron chi connectivity index (χ3n) is 1.93. The van der Waals surface area contributed by atoms with Crippen molar-refractivity contribution in [2.45, 2.75) is 6.54 Å². The Balaban J connectivity index is 2.24. The van der Waals surface area contributed by atoms with Gasteiger partial charge < -0.3 is 5.73 Å². The molecule has 0 saturated carbocycles. The molecule has 1 heterocycles. The Bertz CT molecular complexity index is 461. The van der Waals surface area contributed by atoms with E-state index < -0.39 is 0 Å².